The summed E-state index contributed by atoms with van der Waals surface area (Å²) in [5.41, 5.74) is 4.11. The summed E-state index contributed by atoms with van der Waals surface area (Å²) in [4.78, 5) is 29.9. The second kappa shape index (κ2) is 7.55. The zero-order valence-electron chi connectivity index (χ0n) is 16.6. The molecule has 2 amide bonds. The van der Waals surface area contributed by atoms with Crippen LogP contribution >= 0.6 is 0 Å². The molecule has 1 aliphatic carbocycles. The topological polar surface area (TPSA) is 144 Å². The minimum absolute atomic E-state index is 0.0659. The first-order chi connectivity index (χ1) is 14.5. The van der Waals surface area contributed by atoms with Gasteiger partial charge in [0.05, 0.1) is 37.4 Å². The van der Waals surface area contributed by atoms with E-state index in [9.17, 15) is 26.8 Å². The molecule has 1 aromatic heterocycles. The lowest BCUT2D eigenvalue weighted by Crippen LogP contribution is -2.56. The minimum Gasteiger partial charge on any atom is -0.476 e. The van der Waals surface area contributed by atoms with E-state index < -0.39 is 52.1 Å². The first-order valence-electron chi connectivity index (χ1n) is 9.81. The molecule has 3 heterocycles. The molecule has 0 bridgehead atoms. The van der Waals surface area contributed by atoms with Crippen LogP contribution < -0.4 is 25.4 Å². The molecule has 13 heteroatoms. The fraction of sp³-hybridized carbons (Fsp3) is 0.611. The van der Waals surface area contributed by atoms with Gasteiger partial charge in [-0.15, -0.1) is 0 Å². The predicted octanol–water partition coefficient (Wildman–Crippen LogP) is -0.397. The van der Waals surface area contributed by atoms with Crippen molar-refractivity contribution in [3.8, 4) is 5.88 Å². The van der Waals surface area contributed by atoms with Crippen molar-refractivity contribution in [3.63, 3.8) is 0 Å². The largest absolute Gasteiger partial charge is 0.476 e. The molecule has 1 aromatic rings. The third-order valence-corrected chi connectivity index (χ3v) is 6.92. The average Bonchev–Trinajstić information content (AvgIpc) is 3.41. The highest BCUT2D eigenvalue weighted by Crippen LogP contribution is 2.38. The monoisotopic (exact) mass is 459 g/mol. The number of nitrogens with one attached hydrogen (secondary N) is 2. The van der Waals surface area contributed by atoms with Gasteiger partial charge < -0.3 is 20.7 Å². The van der Waals surface area contributed by atoms with Gasteiger partial charge in [-0.25, -0.2) is 26.9 Å². The van der Waals surface area contributed by atoms with E-state index in [0.717, 1.165) is 12.8 Å². The molecule has 4 N–H and O–H groups in total. The number of aromatic nitrogens is 1. The van der Waals surface area contributed by atoms with Crippen molar-refractivity contribution < 1.29 is 31.5 Å². The van der Waals surface area contributed by atoms with Gasteiger partial charge in [-0.1, -0.05) is 0 Å². The van der Waals surface area contributed by atoms with Crippen LogP contribution in [-0.2, 0) is 14.8 Å². The number of sulfonamides is 1. The number of amides is 2. The van der Waals surface area contributed by atoms with Gasteiger partial charge in [0.1, 0.15) is 11.4 Å². The van der Waals surface area contributed by atoms with E-state index in [4.69, 9.17) is 10.5 Å². The standard InChI is InChI=1S/C18H23F2N5O5S/c19-18(20)8-25(9-18)13-4-3-12(23-16(13)30-6-11-1-2-11)15(27)24-17(5-14(21)26)7-22-31(28,29)10-17/h3-4,11,22H,1-2,5-10H2,(H2,21,26)(H,24,27). The Morgan fingerprint density at radius 1 is 1.32 bits per heavy atom. The summed E-state index contributed by atoms with van der Waals surface area (Å²) in [6, 6.07) is 2.82. The number of pyridine rings is 1. The van der Waals surface area contributed by atoms with E-state index in [0.29, 0.717) is 18.2 Å². The molecule has 2 saturated heterocycles. The molecule has 10 nitrogen and oxygen atoms in total. The summed E-state index contributed by atoms with van der Waals surface area (Å²) < 4.78 is 58.3. The molecule has 1 unspecified atom stereocenters. The Morgan fingerprint density at radius 3 is 2.58 bits per heavy atom. The average molecular weight is 459 g/mol. The number of hydrogen-bond acceptors (Lipinski definition) is 7. The number of nitrogens with zero attached hydrogens (tertiary/aromatic N) is 2. The van der Waals surface area contributed by atoms with Crippen LogP contribution in [0, 0.1) is 5.92 Å². The van der Waals surface area contributed by atoms with Gasteiger partial charge in [0.2, 0.25) is 21.8 Å². The molecule has 0 spiro atoms. The van der Waals surface area contributed by atoms with Crippen LogP contribution in [0.5, 0.6) is 5.88 Å². The predicted molar refractivity (Wildman–Crippen MR) is 105 cm³/mol. The maximum Gasteiger partial charge on any atom is 0.282 e. The van der Waals surface area contributed by atoms with Crippen molar-refractivity contribution in [3.05, 3.63) is 17.8 Å². The third-order valence-electron chi connectivity index (χ3n) is 5.40. The molecule has 31 heavy (non-hydrogen) atoms. The first-order valence-corrected chi connectivity index (χ1v) is 11.5. The van der Waals surface area contributed by atoms with E-state index >= 15 is 0 Å². The molecular formula is C18H23F2N5O5S. The second-order valence-corrected chi connectivity index (χ2v) is 10.3. The number of nitrogens with two attached hydrogens (primary N) is 1. The van der Waals surface area contributed by atoms with Crippen LogP contribution in [0.25, 0.3) is 0 Å². The number of alkyl halides is 2. The Hall–Kier alpha value is -2.54. The van der Waals surface area contributed by atoms with E-state index in [1.54, 1.807) is 0 Å². The van der Waals surface area contributed by atoms with Crippen LogP contribution in [0.2, 0.25) is 0 Å². The van der Waals surface area contributed by atoms with Gasteiger partial charge in [-0.2, -0.15) is 0 Å². The van der Waals surface area contributed by atoms with Gasteiger partial charge >= 0.3 is 0 Å². The fourth-order valence-electron chi connectivity index (χ4n) is 3.66. The van der Waals surface area contributed by atoms with Crippen LogP contribution in [0.15, 0.2) is 12.1 Å². The number of rotatable bonds is 8. The summed E-state index contributed by atoms with van der Waals surface area (Å²) >= 11 is 0. The Labute approximate surface area is 177 Å². The van der Waals surface area contributed by atoms with Crippen molar-refractivity contribution in [2.45, 2.75) is 30.7 Å². The second-order valence-electron chi connectivity index (χ2n) is 8.44. The van der Waals surface area contributed by atoms with Crippen molar-refractivity contribution in [2.75, 3.05) is 36.9 Å². The maximum absolute atomic E-state index is 13.3. The lowest BCUT2D eigenvalue weighted by molar-refractivity contribution is -0.119. The molecule has 3 aliphatic rings. The zero-order valence-corrected chi connectivity index (χ0v) is 17.4. The number of hydrogen-bond donors (Lipinski definition) is 3. The molecular weight excluding hydrogens is 436 g/mol. The minimum atomic E-state index is -3.67. The highest BCUT2D eigenvalue weighted by molar-refractivity contribution is 7.89. The number of anilines is 1. The molecule has 170 valence electrons. The van der Waals surface area contributed by atoms with Crippen molar-refractivity contribution >= 4 is 27.5 Å². The highest BCUT2D eigenvalue weighted by atomic mass is 32.2. The summed E-state index contributed by atoms with van der Waals surface area (Å²) in [6.45, 7) is -0.754. The van der Waals surface area contributed by atoms with Crippen LogP contribution in [0.1, 0.15) is 29.8 Å². The highest BCUT2D eigenvalue weighted by Gasteiger charge is 2.46. The van der Waals surface area contributed by atoms with Gasteiger partial charge in [0, 0.05) is 6.54 Å². The number of primary amides is 1. The van der Waals surface area contributed by atoms with E-state index in [2.05, 4.69) is 15.0 Å². The normalized spacial score (nSPS) is 26.2. The molecule has 3 fully saturated rings. The smallest absolute Gasteiger partial charge is 0.282 e. The third kappa shape index (κ3) is 5.03. The Bertz CT molecular complexity index is 1010. The zero-order chi connectivity index (χ0) is 22.4. The lowest BCUT2D eigenvalue weighted by Gasteiger charge is -2.40. The molecule has 0 aromatic carbocycles. The Balaban J connectivity index is 1.55. The van der Waals surface area contributed by atoms with Gasteiger partial charge in [0.15, 0.2) is 0 Å². The molecule has 1 atom stereocenters. The number of carbonyl (C=O) groups excluding carboxylic acids is 2. The van der Waals surface area contributed by atoms with Gasteiger partial charge in [-0.3, -0.25) is 9.59 Å². The fourth-order valence-corrected chi connectivity index (χ4v) is 5.26. The first kappa shape index (κ1) is 21.7. The summed E-state index contributed by atoms with van der Waals surface area (Å²) in [5, 5.41) is 2.56. The van der Waals surface area contributed by atoms with E-state index in [1.807, 2.05) is 0 Å². The molecule has 1 saturated carbocycles. The number of ether oxygens (including phenoxy) is 1. The van der Waals surface area contributed by atoms with Crippen molar-refractivity contribution in [1.29, 1.82) is 0 Å². The summed E-state index contributed by atoms with van der Waals surface area (Å²) in [7, 11) is -3.67. The summed E-state index contributed by atoms with van der Waals surface area (Å²) in [5.74, 6) is -4.34. The van der Waals surface area contributed by atoms with Crippen LogP contribution in [0.3, 0.4) is 0 Å². The van der Waals surface area contributed by atoms with Gasteiger partial charge in [-0.05, 0) is 30.9 Å². The summed E-state index contributed by atoms with van der Waals surface area (Å²) in [6.07, 6.45) is 1.64. The Morgan fingerprint density at radius 2 is 2.03 bits per heavy atom. The quantitative estimate of drug-likeness (QED) is 0.480. The SMILES string of the molecule is NC(=O)CC1(NC(=O)c2ccc(N3CC(F)(F)C3)c(OCC3CC3)n2)CNS(=O)(=O)C1. The van der Waals surface area contributed by atoms with E-state index in [-0.39, 0.29) is 24.5 Å². The van der Waals surface area contributed by atoms with Crippen LogP contribution in [-0.4, -0.2) is 68.7 Å². The Kier molecular flexibility index (Phi) is 5.28. The molecule has 2 aliphatic heterocycles. The lowest BCUT2D eigenvalue weighted by atomic mass is 9.97. The molecule has 0 radical (unpaired) electrons. The number of carbonyl (C=O) groups is 2. The van der Waals surface area contributed by atoms with Crippen molar-refractivity contribution in [1.82, 2.24) is 15.0 Å². The van der Waals surface area contributed by atoms with Crippen molar-refractivity contribution in [2.24, 2.45) is 11.7 Å². The van der Waals surface area contributed by atoms with E-state index in [1.165, 1.54) is 17.0 Å². The number of halogens is 2. The molecule has 4 rings (SSSR count). The maximum atomic E-state index is 13.3. The van der Waals surface area contributed by atoms with Crippen LogP contribution in [0.4, 0.5) is 14.5 Å². The van der Waals surface area contributed by atoms with Gasteiger partial charge in [0.25, 0.3) is 11.8 Å².